The first-order valence-corrected chi connectivity index (χ1v) is 16.2. The van der Waals surface area contributed by atoms with Crippen LogP contribution in [0.2, 0.25) is 0 Å². The highest BCUT2D eigenvalue weighted by molar-refractivity contribution is 7.59. The molecule has 3 aliphatic heterocycles. The summed E-state index contributed by atoms with van der Waals surface area (Å²) < 4.78 is 13.9. The van der Waals surface area contributed by atoms with Crippen LogP contribution < -0.4 is 11.0 Å². The largest absolute Gasteiger partial charge is 0.380 e. The van der Waals surface area contributed by atoms with Crippen LogP contribution >= 0.6 is 7.60 Å². The molecule has 2 unspecified atom stereocenters. The molecule has 1 spiro atoms. The van der Waals surface area contributed by atoms with Crippen molar-refractivity contribution in [3.8, 4) is 0 Å². The number of benzene rings is 1. The van der Waals surface area contributed by atoms with Crippen LogP contribution in [-0.4, -0.2) is 42.4 Å². The molecular formula is C29H42N3O4P. The molecule has 7 rings (SSSR count). The highest BCUT2D eigenvalue weighted by atomic mass is 31.2. The summed E-state index contributed by atoms with van der Waals surface area (Å²) in [5, 5.41) is 0. The minimum atomic E-state index is -4.78. The average Bonchev–Trinajstić information content (AvgIpc) is 2.84. The fraction of sp³-hybridized carbons (Fsp3) is 0.724. The molecule has 4 heterocycles. The highest BCUT2D eigenvalue weighted by Crippen LogP contribution is 2.59. The molecule has 0 radical (unpaired) electrons. The molecule has 3 saturated heterocycles. The number of hydrogen-bond donors (Lipinski definition) is 2. The van der Waals surface area contributed by atoms with Gasteiger partial charge in [0, 0.05) is 17.6 Å². The van der Waals surface area contributed by atoms with E-state index in [1.54, 1.807) is 16.7 Å². The minimum absolute atomic E-state index is 0.0587. The van der Waals surface area contributed by atoms with Gasteiger partial charge in [0.2, 0.25) is 5.44 Å². The first-order valence-electron chi connectivity index (χ1n) is 14.6. The summed E-state index contributed by atoms with van der Waals surface area (Å²) in [7, 11) is -4.78. The number of rotatable bonds is 7. The lowest BCUT2D eigenvalue weighted by Crippen LogP contribution is -2.70. The number of hydrogen-bond acceptors (Lipinski definition) is 4. The van der Waals surface area contributed by atoms with Crippen LogP contribution in [0.15, 0.2) is 29.1 Å². The molecule has 0 amide bonds. The van der Waals surface area contributed by atoms with Crippen molar-refractivity contribution in [3.63, 3.8) is 0 Å². The van der Waals surface area contributed by atoms with E-state index in [9.17, 15) is 19.1 Å². The molecular weight excluding hydrogens is 485 g/mol. The van der Waals surface area contributed by atoms with Gasteiger partial charge in [0.1, 0.15) is 0 Å². The third-order valence-electron chi connectivity index (χ3n) is 10.7. The van der Waals surface area contributed by atoms with E-state index in [0.29, 0.717) is 17.1 Å². The average molecular weight is 528 g/mol. The molecule has 2 aliphatic carbocycles. The molecule has 3 bridgehead atoms. The zero-order chi connectivity index (χ0) is 25.9. The van der Waals surface area contributed by atoms with E-state index >= 15 is 0 Å². The standard InChI is InChI=1S/C29H42N3O4P/c1-3-19-9-10-22(21(4-2)13-19)11-12-31-23-14-20-16-29(31,17-20)18-24(15-23)32-26-8-6-5-7-25(26)30-27(28(32)33)37(34,35)36/h5-8,19-24H,3-4,9-18H2,1-2H3,(H2,34,35,36)/t19-,20?,21?,22-,23?,24-,29?/m0/s1. The van der Waals surface area contributed by atoms with E-state index < -0.39 is 18.6 Å². The Kier molecular flexibility index (Phi) is 6.67. The van der Waals surface area contributed by atoms with Crippen LogP contribution in [0.4, 0.5) is 0 Å². The molecule has 202 valence electrons. The maximum Gasteiger partial charge on any atom is 0.380 e. The SMILES string of the molecule is CCC1C[C@@H](CC)CC[C@H]1CCN1C2CC3CC1(C3)C[C@@H](n1c(=O)c(P(=O)(O)O)nc3ccccc31)C2. The zero-order valence-electron chi connectivity index (χ0n) is 22.3. The topological polar surface area (TPSA) is 95.7 Å². The van der Waals surface area contributed by atoms with Crippen molar-refractivity contribution in [2.75, 3.05) is 6.54 Å². The van der Waals surface area contributed by atoms with Gasteiger partial charge in [0.25, 0.3) is 5.56 Å². The van der Waals surface area contributed by atoms with Crippen molar-refractivity contribution in [2.45, 2.75) is 102 Å². The van der Waals surface area contributed by atoms with Crippen molar-refractivity contribution in [1.82, 2.24) is 14.5 Å². The molecule has 8 heteroatoms. The third-order valence-corrected chi connectivity index (χ3v) is 11.5. The van der Waals surface area contributed by atoms with E-state index in [2.05, 4.69) is 23.7 Å². The van der Waals surface area contributed by atoms with Gasteiger partial charge in [-0.05, 0) is 93.7 Å². The lowest BCUT2D eigenvalue weighted by Gasteiger charge is -2.67. The smallest absolute Gasteiger partial charge is 0.320 e. The molecule has 5 fully saturated rings. The second-order valence-electron chi connectivity index (χ2n) is 12.6. The summed E-state index contributed by atoms with van der Waals surface area (Å²) in [6, 6.07) is 7.68. The molecule has 1 aromatic heterocycles. The molecule has 5 atom stereocenters. The third kappa shape index (κ3) is 4.44. The van der Waals surface area contributed by atoms with Gasteiger partial charge < -0.3 is 14.4 Å². The van der Waals surface area contributed by atoms with Gasteiger partial charge in [-0.3, -0.25) is 14.3 Å². The van der Waals surface area contributed by atoms with Gasteiger partial charge in [0.05, 0.1) is 11.0 Å². The molecule has 1 aromatic carbocycles. The molecule has 7 nitrogen and oxygen atoms in total. The van der Waals surface area contributed by atoms with E-state index in [-0.39, 0.29) is 11.6 Å². The van der Waals surface area contributed by atoms with Gasteiger partial charge in [0.15, 0.2) is 0 Å². The van der Waals surface area contributed by atoms with Gasteiger partial charge in [-0.25, -0.2) is 4.98 Å². The van der Waals surface area contributed by atoms with Crippen LogP contribution in [0.5, 0.6) is 0 Å². The number of piperidine rings is 3. The van der Waals surface area contributed by atoms with Crippen LogP contribution in [0.25, 0.3) is 11.0 Å². The summed E-state index contributed by atoms with van der Waals surface area (Å²) >= 11 is 0. The number of aromatic nitrogens is 2. The first-order chi connectivity index (χ1) is 17.7. The minimum Gasteiger partial charge on any atom is -0.320 e. The van der Waals surface area contributed by atoms with Gasteiger partial charge in [-0.15, -0.1) is 0 Å². The van der Waals surface area contributed by atoms with Crippen molar-refractivity contribution in [1.29, 1.82) is 0 Å². The second-order valence-corrected chi connectivity index (χ2v) is 14.1. The summed E-state index contributed by atoms with van der Waals surface area (Å²) in [4.78, 5) is 40.2. The Balaban J connectivity index is 1.27. The summed E-state index contributed by atoms with van der Waals surface area (Å²) in [5.41, 5.74) is 0.0629. The zero-order valence-corrected chi connectivity index (χ0v) is 23.2. The number of fused-ring (bicyclic) bond motifs is 1. The van der Waals surface area contributed by atoms with E-state index in [1.165, 1.54) is 57.8 Å². The molecule has 2 N–H and O–H groups in total. The number of nitrogens with zero attached hydrogens (tertiary/aromatic N) is 3. The fourth-order valence-corrected chi connectivity index (χ4v) is 9.54. The molecule has 5 aliphatic rings. The van der Waals surface area contributed by atoms with Crippen molar-refractivity contribution < 1.29 is 14.4 Å². The van der Waals surface area contributed by atoms with E-state index in [1.807, 2.05) is 12.1 Å². The molecule has 2 saturated carbocycles. The summed E-state index contributed by atoms with van der Waals surface area (Å²) in [6.45, 7) is 5.87. The second kappa shape index (κ2) is 9.59. The molecule has 37 heavy (non-hydrogen) atoms. The van der Waals surface area contributed by atoms with Crippen LogP contribution in [0.3, 0.4) is 0 Å². The normalized spacial score (nSPS) is 35.9. The summed E-state index contributed by atoms with van der Waals surface area (Å²) in [5.74, 6) is 3.39. The van der Waals surface area contributed by atoms with Crippen LogP contribution in [0, 0.1) is 23.7 Å². The monoisotopic (exact) mass is 527 g/mol. The van der Waals surface area contributed by atoms with Crippen molar-refractivity contribution in [2.24, 2.45) is 23.7 Å². The van der Waals surface area contributed by atoms with Crippen molar-refractivity contribution in [3.05, 3.63) is 34.6 Å². The maximum absolute atomic E-state index is 13.5. The Morgan fingerprint density at radius 2 is 1.78 bits per heavy atom. The predicted molar refractivity (Wildman–Crippen MR) is 146 cm³/mol. The Morgan fingerprint density at radius 3 is 2.49 bits per heavy atom. The van der Waals surface area contributed by atoms with Gasteiger partial charge in [-0.1, -0.05) is 45.2 Å². The summed E-state index contributed by atoms with van der Waals surface area (Å²) in [6.07, 6.45) is 13.4. The maximum atomic E-state index is 13.5. The Labute approximate surface area is 219 Å². The molecule has 2 aromatic rings. The Bertz CT molecular complexity index is 1260. The van der Waals surface area contributed by atoms with Crippen molar-refractivity contribution >= 4 is 24.1 Å². The highest BCUT2D eigenvalue weighted by Gasteiger charge is 2.59. The lowest BCUT2D eigenvalue weighted by atomic mass is 9.55. The fourth-order valence-electron chi connectivity index (χ4n) is 8.95. The Morgan fingerprint density at radius 1 is 1.00 bits per heavy atom. The quantitative estimate of drug-likeness (QED) is 0.492. The van der Waals surface area contributed by atoms with Crippen LogP contribution in [0.1, 0.15) is 90.5 Å². The lowest BCUT2D eigenvalue weighted by molar-refractivity contribution is -0.156. The first kappa shape index (κ1) is 25.7. The predicted octanol–water partition coefficient (Wildman–Crippen LogP) is 5.00. The van der Waals surface area contributed by atoms with Crippen LogP contribution in [-0.2, 0) is 4.57 Å². The Hall–Kier alpha value is -1.53. The number of para-hydroxylation sites is 2. The van der Waals surface area contributed by atoms with E-state index in [4.69, 9.17) is 0 Å². The van der Waals surface area contributed by atoms with Gasteiger partial charge in [-0.2, -0.15) is 0 Å². The van der Waals surface area contributed by atoms with E-state index in [0.717, 1.165) is 43.1 Å². The van der Waals surface area contributed by atoms with Gasteiger partial charge >= 0.3 is 7.60 Å².